The average molecular weight is 284 g/mol. The summed E-state index contributed by atoms with van der Waals surface area (Å²) in [5.74, 6) is -0.0977. The van der Waals surface area contributed by atoms with Crippen LogP contribution in [-0.4, -0.2) is 11.1 Å². The molecule has 0 saturated heterocycles. The summed E-state index contributed by atoms with van der Waals surface area (Å²) in [5, 5.41) is 9.32. The van der Waals surface area contributed by atoms with Crippen LogP contribution in [0.4, 0.5) is 0 Å². The van der Waals surface area contributed by atoms with Crippen molar-refractivity contribution >= 4 is 5.97 Å². The van der Waals surface area contributed by atoms with Crippen molar-refractivity contribution in [3.8, 4) is 0 Å². The normalized spacial score (nSPS) is 15.1. The molecule has 2 unspecified atom stereocenters. The highest BCUT2D eigenvalue weighted by atomic mass is 16.4. The number of hydrogen-bond donors (Lipinski definition) is 1. The van der Waals surface area contributed by atoms with Gasteiger partial charge in [0.15, 0.2) is 0 Å². The van der Waals surface area contributed by atoms with Crippen LogP contribution in [0.5, 0.6) is 0 Å². The van der Waals surface area contributed by atoms with Gasteiger partial charge in [-0.2, -0.15) is 0 Å². The third kappa shape index (κ3) is 11.3. The molecule has 0 aliphatic carbocycles. The first-order chi connectivity index (χ1) is 9.26. The second kappa shape index (κ2) is 10.2. The quantitative estimate of drug-likeness (QED) is 0.479. The molecule has 20 heavy (non-hydrogen) atoms. The van der Waals surface area contributed by atoms with Gasteiger partial charge < -0.3 is 5.11 Å². The third-order valence-corrected chi connectivity index (χ3v) is 3.97. The number of carboxylic acids is 1. The zero-order valence-electron chi connectivity index (χ0n) is 14.4. The SMILES string of the molecule is CCCCCCCC(CCC(C)CC(C)(C)C)C(=O)O. The van der Waals surface area contributed by atoms with Gasteiger partial charge in [0.25, 0.3) is 0 Å². The van der Waals surface area contributed by atoms with E-state index in [-0.39, 0.29) is 5.92 Å². The first-order valence-electron chi connectivity index (χ1n) is 8.49. The summed E-state index contributed by atoms with van der Waals surface area (Å²) in [5.41, 5.74) is 0.346. The molecule has 0 saturated carbocycles. The van der Waals surface area contributed by atoms with Crippen molar-refractivity contribution in [2.75, 3.05) is 0 Å². The number of aliphatic carboxylic acids is 1. The molecule has 0 bridgehead atoms. The number of hydrogen-bond acceptors (Lipinski definition) is 1. The minimum Gasteiger partial charge on any atom is -0.481 e. The lowest BCUT2D eigenvalue weighted by Gasteiger charge is -2.24. The smallest absolute Gasteiger partial charge is 0.306 e. The van der Waals surface area contributed by atoms with E-state index in [0.717, 1.165) is 25.7 Å². The van der Waals surface area contributed by atoms with Gasteiger partial charge in [-0.1, -0.05) is 66.7 Å². The van der Waals surface area contributed by atoms with Gasteiger partial charge >= 0.3 is 5.97 Å². The summed E-state index contributed by atoms with van der Waals surface area (Å²) in [7, 11) is 0. The van der Waals surface area contributed by atoms with Crippen molar-refractivity contribution in [1.82, 2.24) is 0 Å². The minimum absolute atomic E-state index is 0.126. The second-order valence-corrected chi connectivity index (χ2v) is 7.69. The van der Waals surface area contributed by atoms with Crippen molar-refractivity contribution in [1.29, 1.82) is 0 Å². The standard InChI is InChI=1S/C18H36O2/c1-6-7-8-9-10-11-16(17(19)20)13-12-15(2)14-18(3,4)5/h15-16H,6-14H2,1-5H3,(H,19,20). The molecule has 0 rings (SSSR count). The third-order valence-electron chi connectivity index (χ3n) is 3.97. The molecule has 0 aromatic rings. The van der Waals surface area contributed by atoms with Crippen LogP contribution in [0.1, 0.15) is 92.4 Å². The van der Waals surface area contributed by atoms with E-state index in [1.165, 1.54) is 32.1 Å². The molecule has 0 heterocycles. The largest absolute Gasteiger partial charge is 0.481 e. The summed E-state index contributed by atoms with van der Waals surface area (Å²) in [6, 6.07) is 0. The predicted octanol–water partition coefficient (Wildman–Crippen LogP) is 5.90. The Morgan fingerprint density at radius 2 is 1.60 bits per heavy atom. The maximum absolute atomic E-state index is 11.3. The van der Waals surface area contributed by atoms with Gasteiger partial charge in [0.1, 0.15) is 0 Å². The lowest BCUT2D eigenvalue weighted by molar-refractivity contribution is -0.142. The monoisotopic (exact) mass is 284 g/mol. The van der Waals surface area contributed by atoms with Gasteiger partial charge in [-0.15, -0.1) is 0 Å². The maximum Gasteiger partial charge on any atom is 0.306 e. The maximum atomic E-state index is 11.3. The minimum atomic E-state index is -0.594. The van der Waals surface area contributed by atoms with Crippen LogP contribution in [0.2, 0.25) is 0 Å². The Hall–Kier alpha value is -0.530. The Bertz CT molecular complexity index is 253. The van der Waals surface area contributed by atoms with E-state index in [4.69, 9.17) is 0 Å². The Kier molecular flexibility index (Phi) is 9.96. The summed E-state index contributed by atoms with van der Waals surface area (Å²) < 4.78 is 0. The van der Waals surface area contributed by atoms with Crippen molar-refractivity contribution in [3.63, 3.8) is 0 Å². The summed E-state index contributed by atoms with van der Waals surface area (Å²) >= 11 is 0. The molecule has 1 N–H and O–H groups in total. The highest BCUT2D eigenvalue weighted by Crippen LogP contribution is 2.28. The van der Waals surface area contributed by atoms with Crippen LogP contribution in [0.15, 0.2) is 0 Å². The molecule has 0 fully saturated rings. The molecule has 2 nitrogen and oxygen atoms in total. The van der Waals surface area contributed by atoms with E-state index < -0.39 is 5.97 Å². The van der Waals surface area contributed by atoms with E-state index in [2.05, 4.69) is 34.6 Å². The van der Waals surface area contributed by atoms with Gasteiger partial charge in [-0.25, -0.2) is 0 Å². The van der Waals surface area contributed by atoms with E-state index in [1.807, 2.05) is 0 Å². The molecular formula is C18H36O2. The predicted molar refractivity (Wildman–Crippen MR) is 87.0 cm³/mol. The summed E-state index contributed by atoms with van der Waals surface area (Å²) in [6.07, 6.45) is 9.97. The van der Waals surface area contributed by atoms with Gasteiger partial charge in [0, 0.05) is 0 Å². The average Bonchev–Trinajstić information content (AvgIpc) is 2.29. The Labute approximate surface area is 126 Å². The van der Waals surface area contributed by atoms with Gasteiger partial charge in [0.05, 0.1) is 5.92 Å². The molecule has 0 aromatic carbocycles. The van der Waals surface area contributed by atoms with Crippen LogP contribution in [-0.2, 0) is 4.79 Å². The molecule has 2 heteroatoms. The van der Waals surface area contributed by atoms with E-state index in [1.54, 1.807) is 0 Å². The fraction of sp³-hybridized carbons (Fsp3) is 0.944. The number of carbonyl (C=O) groups is 1. The van der Waals surface area contributed by atoms with Crippen LogP contribution in [0.3, 0.4) is 0 Å². The Morgan fingerprint density at radius 1 is 1.00 bits per heavy atom. The van der Waals surface area contributed by atoms with Gasteiger partial charge in [-0.3, -0.25) is 4.79 Å². The van der Waals surface area contributed by atoms with E-state index in [0.29, 0.717) is 11.3 Å². The zero-order valence-corrected chi connectivity index (χ0v) is 14.4. The fourth-order valence-corrected chi connectivity index (χ4v) is 3.02. The highest BCUT2D eigenvalue weighted by molar-refractivity contribution is 5.69. The lowest BCUT2D eigenvalue weighted by atomic mass is 9.82. The molecule has 0 amide bonds. The molecule has 0 aliphatic heterocycles. The topological polar surface area (TPSA) is 37.3 Å². The van der Waals surface area contributed by atoms with E-state index in [9.17, 15) is 9.90 Å². The molecular weight excluding hydrogens is 248 g/mol. The van der Waals surface area contributed by atoms with Crippen LogP contribution < -0.4 is 0 Å². The molecule has 120 valence electrons. The number of unbranched alkanes of at least 4 members (excludes halogenated alkanes) is 4. The van der Waals surface area contributed by atoms with Gasteiger partial charge in [-0.05, 0) is 37.0 Å². The summed E-state index contributed by atoms with van der Waals surface area (Å²) in [6.45, 7) is 11.2. The van der Waals surface area contributed by atoms with Crippen molar-refractivity contribution < 1.29 is 9.90 Å². The van der Waals surface area contributed by atoms with Gasteiger partial charge in [0.2, 0.25) is 0 Å². The first-order valence-corrected chi connectivity index (χ1v) is 8.49. The zero-order chi connectivity index (χ0) is 15.6. The molecule has 0 aromatic heterocycles. The lowest BCUT2D eigenvalue weighted by Crippen LogP contribution is -2.17. The van der Waals surface area contributed by atoms with Crippen molar-refractivity contribution in [2.45, 2.75) is 92.4 Å². The molecule has 0 aliphatic rings. The van der Waals surface area contributed by atoms with Crippen LogP contribution >= 0.6 is 0 Å². The first kappa shape index (κ1) is 19.5. The molecule has 2 atom stereocenters. The van der Waals surface area contributed by atoms with E-state index >= 15 is 0 Å². The number of rotatable bonds is 11. The Balaban J connectivity index is 3.94. The van der Waals surface area contributed by atoms with Crippen molar-refractivity contribution in [2.24, 2.45) is 17.3 Å². The molecule has 0 radical (unpaired) electrons. The highest BCUT2D eigenvalue weighted by Gasteiger charge is 2.20. The number of carboxylic acid groups (broad SMARTS) is 1. The van der Waals surface area contributed by atoms with Crippen molar-refractivity contribution in [3.05, 3.63) is 0 Å². The van der Waals surface area contributed by atoms with Crippen LogP contribution in [0, 0.1) is 17.3 Å². The van der Waals surface area contributed by atoms with Crippen LogP contribution in [0.25, 0.3) is 0 Å². The second-order valence-electron chi connectivity index (χ2n) is 7.69. The molecule has 0 spiro atoms. The Morgan fingerprint density at radius 3 is 2.10 bits per heavy atom. The fourth-order valence-electron chi connectivity index (χ4n) is 3.02. The summed E-state index contributed by atoms with van der Waals surface area (Å²) in [4.78, 5) is 11.3.